The number of carbonyl (C=O) groups is 2. The Labute approximate surface area is 287 Å². The molecule has 0 aliphatic rings. The number of ether oxygens (including phenoxy) is 1. The van der Waals surface area contributed by atoms with Crippen LogP contribution in [0.4, 0.5) is 5.69 Å². The van der Waals surface area contributed by atoms with Gasteiger partial charge < -0.3 is 15.0 Å². The SMILES string of the molecule is CCCCNC(=O)C(Cc1ccccc1)N(Cc1ccc(Cl)cc1Cl)C(=O)CN(c1ccccc1OCC)S(=O)(=O)c1ccccc1. The van der Waals surface area contributed by atoms with E-state index in [4.69, 9.17) is 27.9 Å². The number of benzene rings is 4. The van der Waals surface area contributed by atoms with Gasteiger partial charge in [-0.25, -0.2) is 8.42 Å². The van der Waals surface area contributed by atoms with Gasteiger partial charge >= 0.3 is 0 Å². The number of anilines is 1. The molecule has 4 aromatic carbocycles. The lowest BCUT2D eigenvalue weighted by molar-refractivity contribution is -0.140. The predicted molar refractivity (Wildman–Crippen MR) is 187 cm³/mol. The number of rotatable bonds is 16. The summed E-state index contributed by atoms with van der Waals surface area (Å²) in [5.74, 6) is -0.658. The van der Waals surface area contributed by atoms with Gasteiger partial charge in [-0.15, -0.1) is 0 Å². The van der Waals surface area contributed by atoms with Gasteiger partial charge in [0.1, 0.15) is 18.3 Å². The molecule has 4 aromatic rings. The first-order chi connectivity index (χ1) is 22.6. The van der Waals surface area contributed by atoms with Crippen LogP contribution in [0.15, 0.2) is 108 Å². The van der Waals surface area contributed by atoms with Crippen LogP contribution in [0.25, 0.3) is 0 Å². The monoisotopic (exact) mass is 695 g/mol. The molecule has 8 nitrogen and oxygen atoms in total. The minimum Gasteiger partial charge on any atom is -0.492 e. The van der Waals surface area contributed by atoms with Crippen LogP contribution in [-0.2, 0) is 32.6 Å². The zero-order valence-electron chi connectivity index (χ0n) is 26.4. The van der Waals surface area contributed by atoms with E-state index < -0.39 is 28.5 Å². The molecule has 0 fully saturated rings. The Bertz CT molecular complexity index is 1740. The zero-order valence-corrected chi connectivity index (χ0v) is 28.8. The van der Waals surface area contributed by atoms with Crippen molar-refractivity contribution >= 4 is 50.7 Å². The highest BCUT2D eigenvalue weighted by Crippen LogP contribution is 2.33. The number of hydrogen-bond donors (Lipinski definition) is 1. The number of sulfonamides is 1. The summed E-state index contributed by atoms with van der Waals surface area (Å²) in [7, 11) is -4.27. The Morgan fingerprint density at radius 2 is 1.53 bits per heavy atom. The van der Waals surface area contributed by atoms with Crippen molar-refractivity contribution in [2.24, 2.45) is 0 Å². The van der Waals surface area contributed by atoms with Crippen molar-refractivity contribution in [1.29, 1.82) is 0 Å². The summed E-state index contributed by atoms with van der Waals surface area (Å²) in [5.41, 5.74) is 1.58. The molecule has 0 heterocycles. The predicted octanol–water partition coefficient (Wildman–Crippen LogP) is 7.14. The number of halogens is 2. The molecular formula is C36H39Cl2N3O5S. The molecule has 248 valence electrons. The van der Waals surface area contributed by atoms with Crippen LogP contribution in [0.5, 0.6) is 5.75 Å². The second kappa shape index (κ2) is 17.2. The first-order valence-electron chi connectivity index (χ1n) is 15.5. The van der Waals surface area contributed by atoms with Gasteiger partial charge in [-0.2, -0.15) is 0 Å². The number of hydrogen-bond acceptors (Lipinski definition) is 5. The fourth-order valence-corrected chi connectivity index (χ4v) is 6.98. The smallest absolute Gasteiger partial charge is 0.264 e. The second-order valence-electron chi connectivity index (χ2n) is 10.8. The van der Waals surface area contributed by atoms with E-state index >= 15 is 0 Å². The van der Waals surface area contributed by atoms with Crippen molar-refractivity contribution < 1.29 is 22.7 Å². The molecule has 1 atom stereocenters. The summed E-state index contributed by atoms with van der Waals surface area (Å²) in [6.45, 7) is 3.84. The first kappa shape index (κ1) is 35.8. The third-order valence-corrected chi connectivity index (χ3v) is 9.86. The Hall–Kier alpha value is -4.05. The van der Waals surface area contributed by atoms with E-state index in [1.54, 1.807) is 67.6 Å². The fourth-order valence-electron chi connectivity index (χ4n) is 5.07. The Balaban J connectivity index is 1.84. The molecular weight excluding hydrogens is 657 g/mol. The average molecular weight is 697 g/mol. The Morgan fingerprint density at radius 3 is 2.19 bits per heavy atom. The Morgan fingerprint density at radius 1 is 0.872 bits per heavy atom. The molecule has 0 aliphatic heterocycles. The lowest BCUT2D eigenvalue weighted by Gasteiger charge is -2.34. The van der Waals surface area contributed by atoms with E-state index in [-0.39, 0.29) is 36.1 Å². The fraction of sp³-hybridized carbons (Fsp3) is 0.278. The minimum absolute atomic E-state index is 0.00421. The molecule has 1 unspecified atom stereocenters. The van der Waals surface area contributed by atoms with E-state index in [0.717, 1.165) is 22.7 Å². The van der Waals surface area contributed by atoms with Crippen molar-refractivity contribution in [1.82, 2.24) is 10.2 Å². The van der Waals surface area contributed by atoms with Gasteiger partial charge in [-0.1, -0.05) is 103 Å². The zero-order chi connectivity index (χ0) is 33.8. The van der Waals surface area contributed by atoms with Gasteiger partial charge in [0.25, 0.3) is 10.0 Å². The van der Waals surface area contributed by atoms with Crippen LogP contribution in [-0.4, -0.2) is 50.9 Å². The summed E-state index contributed by atoms with van der Waals surface area (Å²) < 4.78 is 35.4. The van der Waals surface area contributed by atoms with Crippen LogP contribution in [0.1, 0.15) is 37.8 Å². The largest absolute Gasteiger partial charge is 0.492 e. The lowest BCUT2D eigenvalue weighted by Crippen LogP contribution is -2.53. The number of unbranched alkanes of at least 4 members (excludes halogenated alkanes) is 1. The number of para-hydroxylation sites is 2. The molecule has 1 N–H and O–H groups in total. The summed E-state index contributed by atoms with van der Waals surface area (Å²) >= 11 is 12.8. The van der Waals surface area contributed by atoms with Gasteiger partial charge in [0.05, 0.1) is 17.2 Å². The standard InChI is InChI=1S/C36H39Cl2N3O5S/c1-3-5-22-39-36(43)33(23-27-14-8-6-9-15-27)40(25-28-20-21-29(37)24-31(28)38)35(42)26-41(32-18-12-13-19-34(32)46-4-2)47(44,45)30-16-10-7-11-17-30/h6-21,24,33H,3-5,22-23,25-26H2,1-2H3,(H,39,43). The van der Waals surface area contributed by atoms with Gasteiger partial charge in [0.2, 0.25) is 11.8 Å². The van der Waals surface area contributed by atoms with Crippen LogP contribution < -0.4 is 14.4 Å². The molecule has 0 saturated heterocycles. The van der Waals surface area contributed by atoms with E-state index in [2.05, 4.69) is 5.32 Å². The number of nitrogens with one attached hydrogen (secondary N) is 1. The van der Waals surface area contributed by atoms with Crippen molar-refractivity contribution in [3.63, 3.8) is 0 Å². The van der Waals surface area contributed by atoms with Gasteiger partial charge in [-0.05, 0) is 60.9 Å². The van der Waals surface area contributed by atoms with Crippen molar-refractivity contribution in [2.75, 3.05) is 24.0 Å². The van der Waals surface area contributed by atoms with E-state index in [1.807, 2.05) is 37.3 Å². The Kier molecular flexibility index (Phi) is 13.1. The molecule has 4 rings (SSSR count). The topological polar surface area (TPSA) is 96.0 Å². The molecule has 0 spiro atoms. The van der Waals surface area contributed by atoms with Crippen molar-refractivity contribution in [3.8, 4) is 5.75 Å². The summed E-state index contributed by atoms with van der Waals surface area (Å²) in [4.78, 5) is 30.0. The molecule has 2 amide bonds. The van der Waals surface area contributed by atoms with Crippen molar-refractivity contribution in [3.05, 3.63) is 124 Å². The molecule has 11 heteroatoms. The van der Waals surface area contributed by atoms with E-state index in [1.165, 1.54) is 17.0 Å². The maximum absolute atomic E-state index is 14.7. The molecule has 0 aliphatic carbocycles. The van der Waals surface area contributed by atoms with Crippen LogP contribution >= 0.6 is 23.2 Å². The summed E-state index contributed by atoms with van der Waals surface area (Å²) in [6.07, 6.45) is 1.83. The minimum atomic E-state index is -4.27. The maximum atomic E-state index is 14.7. The molecule has 47 heavy (non-hydrogen) atoms. The summed E-state index contributed by atoms with van der Waals surface area (Å²) in [5, 5.41) is 3.71. The van der Waals surface area contributed by atoms with Gasteiger partial charge in [0, 0.05) is 29.6 Å². The van der Waals surface area contributed by atoms with Crippen LogP contribution in [0.2, 0.25) is 10.0 Å². The number of amides is 2. The van der Waals surface area contributed by atoms with E-state index in [9.17, 15) is 18.0 Å². The average Bonchev–Trinajstić information content (AvgIpc) is 3.07. The molecule has 0 bridgehead atoms. The highest BCUT2D eigenvalue weighted by molar-refractivity contribution is 7.92. The van der Waals surface area contributed by atoms with Crippen LogP contribution in [0.3, 0.4) is 0 Å². The van der Waals surface area contributed by atoms with E-state index in [0.29, 0.717) is 27.9 Å². The maximum Gasteiger partial charge on any atom is 0.264 e. The van der Waals surface area contributed by atoms with Gasteiger partial charge in [-0.3, -0.25) is 13.9 Å². The summed E-state index contributed by atoms with van der Waals surface area (Å²) in [6, 6.07) is 27.9. The van der Waals surface area contributed by atoms with Crippen molar-refractivity contribution in [2.45, 2.75) is 50.6 Å². The number of carbonyl (C=O) groups excluding carboxylic acids is 2. The van der Waals surface area contributed by atoms with Gasteiger partial charge in [0.15, 0.2) is 0 Å². The molecule has 0 aromatic heterocycles. The highest BCUT2D eigenvalue weighted by atomic mass is 35.5. The highest BCUT2D eigenvalue weighted by Gasteiger charge is 2.35. The van der Waals surface area contributed by atoms with Crippen LogP contribution in [0, 0.1) is 0 Å². The molecule has 0 radical (unpaired) electrons. The third kappa shape index (κ3) is 9.50. The first-order valence-corrected chi connectivity index (χ1v) is 17.7. The third-order valence-electron chi connectivity index (χ3n) is 7.50. The second-order valence-corrected chi connectivity index (χ2v) is 13.5. The lowest BCUT2D eigenvalue weighted by atomic mass is 10.0. The normalized spacial score (nSPS) is 11.8. The number of nitrogens with zero attached hydrogens (tertiary/aromatic N) is 2. The molecule has 0 saturated carbocycles. The quantitative estimate of drug-likeness (QED) is 0.126.